The summed E-state index contributed by atoms with van der Waals surface area (Å²) in [6, 6.07) is 1.59. The maximum absolute atomic E-state index is 12.8. The molecule has 3 heterocycles. The maximum atomic E-state index is 12.8. The largest absolute Gasteiger partial charge is 0.453 e. The SMILES string of the molecule is Cc1cc(Nc2cnn(C(C)(C)C)c2)n2nc(C(F)(F)F)nc2n1. The van der Waals surface area contributed by atoms with E-state index >= 15 is 0 Å². The smallest absolute Gasteiger partial charge is 0.337 e. The Bertz CT molecular complexity index is 886. The molecule has 0 saturated carbocycles. The van der Waals surface area contributed by atoms with Crippen LogP contribution < -0.4 is 5.32 Å². The Labute approximate surface area is 135 Å². The Morgan fingerprint density at radius 2 is 1.83 bits per heavy atom. The summed E-state index contributed by atoms with van der Waals surface area (Å²) in [4.78, 5) is 7.43. The summed E-state index contributed by atoms with van der Waals surface area (Å²) in [7, 11) is 0. The van der Waals surface area contributed by atoms with Crippen molar-refractivity contribution in [2.45, 2.75) is 39.4 Å². The molecule has 0 saturated heterocycles. The fourth-order valence-electron chi connectivity index (χ4n) is 2.10. The fraction of sp³-hybridized carbons (Fsp3) is 0.429. The van der Waals surface area contributed by atoms with Gasteiger partial charge in [0, 0.05) is 18.0 Å². The molecule has 0 atom stereocenters. The monoisotopic (exact) mass is 339 g/mol. The van der Waals surface area contributed by atoms with Crippen LogP contribution in [-0.2, 0) is 11.7 Å². The number of anilines is 2. The maximum Gasteiger partial charge on any atom is 0.453 e. The van der Waals surface area contributed by atoms with Crippen LogP contribution >= 0.6 is 0 Å². The van der Waals surface area contributed by atoms with Gasteiger partial charge >= 0.3 is 6.18 Å². The third-order valence-electron chi connectivity index (χ3n) is 3.24. The number of nitrogens with zero attached hydrogens (tertiary/aromatic N) is 6. The highest BCUT2D eigenvalue weighted by Gasteiger charge is 2.36. The summed E-state index contributed by atoms with van der Waals surface area (Å²) >= 11 is 0. The third-order valence-corrected chi connectivity index (χ3v) is 3.24. The van der Waals surface area contributed by atoms with Crippen LogP contribution in [0, 0.1) is 6.92 Å². The zero-order chi connectivity index (χ0) is 17.7. The van der Waals surface area contributed by atoms with Crippen molar-refractivity contribution in [3.8, 4) is 0 Å². The average molecular weight is 339 g/mol. The van der Waals surface area contributed by atoms with Gasteiger partial charge in [0.1, 0.15) is 5.82 Å². The van der Waals surface area contributed by atoms with Crippen molar-refractivity contribution in [2.75, 3.05) is 5.32 Å². The summed E-state index contributed by atoms with van der Waals surface area (Å²) < 4.78 is 41.2. The molecule has 0 aliphatic heterocycles. The van der Waals surface area contributed by atoms with Crippen molar-refractivity contribution in [3.05, 3.63) is 30.0 Å². The minimum Gasteiger partial charge on any atom is -0.337 e. The molecule has 0 spiro atoms. The van der Waals surface area contributed by atoms with E-state index in [-0.39, 0.29) is 11.3 Å². The van der Waals surface area contributed by atoms with Crippen LogP contribution in [-0.4, -0.2) is 29.4 Å². The number of alkyl halides is 3. The second-order valence-corrected chi connectivity index (χ2v) is 6.40. The van der Waals surface area contributed by atoms with E-state index in [2.05, 4.69) is 25.5 Å². The molecule has 10 heteroatoms. The first-order valence-electron chi connectivity index (χ1n) is 7.18. The van der Waals surface area contributed by atoms with Gasteiger partial charge in [0.25, 0.3) is 11.6 Å². The lowest BCUT2D eigenvalue weighted by Crippen LogP contribution is -2.21. The van der Waals surface area contributed by atoms with Crippen LogP contribution in [0.3, 0.4) is 0 Å². The van der Waals surface area contributed by atoms with E-state index in [9.17, 15) is 13.2 Å². The van der Waals surface area contributed by atoms with Crippen LogP contribution in [0.2, 0.25) is 0 Å². The van der Waals surface area contributed by atoms with Gasteiger partial charge < -0.3 is 5.32 Å². The topological polar surface area (TPSA) is 72.9 Å². The van der Waals surface area contributed by atoms with Gasteiger partial charge in [0.05, 0.1) is 17.4 Å². The summed E-state index contributed by atoms with van der Waals surface area (Å²) in [6.07, 6.45) is -1.27. The van der Waals surface area contributed by atoms with Gasteiger partial charge in [-0.25, -0.2) is 4.98 Å². The van der Waals surface area contributed by atoms with Crippen molar-refractivity contribution in [3.63, 3.8) is 0 Å². The number of aryl methyl sites for hydroxylation is 1. The summed E-state index contributed by atoms with van der Waals surface area (Å²) in [6.45, 7) is 7.65. The highest BCUT2D eigenvalue weighted by molar-refractivity contribution is 5.57. The minimum absolute atomic E-state index is 0.118. The molecule has 0 aliphatic rings. The normalized spacial score (nSPS) is 12.8. The molecule has 0 fully saturated rings. The van der Waals surface area contributed by atoms with Crippen LogP contribution in [0.1, 0.15) is 32.3 Å². The molecular formula is C14H16F3N7. The lowest BCUT2D eigenvalue weighted by Gasteiger charge is -2.18. The Hall–Kier alpha value is -2.65. The molecule has 3 aromatic heterocycles. The molecule has 0 bridgehead atoms. The number of nitrogens with one attached hydrogen (secondary N) is 1. The summed E-state index contributed by atoms with van der Waals surface area (Å²) in [5, 5.41) is 10.8. The molecule has 0 amide bonds. The van der Waals surface area contributed by atoms with Gasteiger partial charge in [-0.1, -0.05) is 0 Å². The number of aromatic nitrogens is 6. The van der Waals surface area contributed by atoms with E-state index in [0.717, 1.165) is 4.52 Å². The van der Waals surface area contributed by atoms with E-state index in [1.807, 2.05) is 20.8 Å². The van der Waals surface area contributed by atoms with Gasteiger partial charge in [-0.05, 0) is 27.7 Å². The second kappa shape index (κ2) is 5.18. The standard InChI is InChI=1S/C14H16F3N7/c1-8-5-10(20-9-6-18-23(7-9)13(2,3)4)24-12(19-8)21-11(22-24)14(15,16)17/h5-7,20H,1-4H3. The van der Waals surface area contributed by atoms with E-state index < -0.39 is 12.0 Å². The van der Waals surface area contributed by atoms with Crippen molar-refractivity contribution < 1.29 is 13.2 Å². The van der Waals surface area contributed by atoms with Gasteiger partial charge in [-0.3, -0.25) is 4.68 Å². The first-order valence-corrected chi connectivity index (χ1v) is 7.18. The Balaban J connectivity index is 2.02. The van der Waals surface area contributed by atoms with Gasteiger partial charge in [0.2, 0.25) is 0 Å². The van der Waals surface area contributed by atoms with E-state index in [4.69, 9.17) is 0 Å². The predicted molar refractivity (Wildman–Crippen MR) is 81.0 cm³/mol. The lowest BCUT2D eigenvalue weighted by molar-refractivity contribution is -0.144. The minimum atomic E-state index is -4.63. The van der Waals surface area contributed by atoms with Crippen molar-refractivity contribution in [2.24, 2.45) is 0 Å². The average Bonchev–Trinajstić information content (AvgIpc) is 3.03. The molecular weight excluding hydrogens is 323 g/mol. The zero-order valence-corrected chi connectivity index (χ0v) is 13.5. The van der Waals surface area contributed by atoms with Crippen molar-refractivity contribution in [1.29, 1.82) is 0 Å². The number of hydrogen-bond donors (Lipinski definition) is 1. The first-order chi connectivity index (χ1) is 11.0. The van der Waals surface area contributed by atoms with Crippen LogP contribution in [0.4, 0.5) is 24.7 Å². The molecule has 0 unspecified atom stereocenters. The number of hydrogen-bond acceptors (Lipinski definition) is 5. The number of halogens is 3. The van der Waals surface area contributed by atoms with Crippen molar-refractivity contribution >= 4 is 17.3 Å². The lowest BCUT2D eigenvalue weighted by atomic mass is 10.1. The molecule has 1 N–H and O–H groups in total. The Morgan fingerprint density at radius 1 is 1.12 bits per heavy atom. The zero-order valence-electron chi connectivity index (χ0n) is 13.5. The molecule has 0 aliphatic carbocycles. The Kier molecular flexibility index (Phi) is 3.50. The molecule has 0 aromatic carbocycles. The predicted octanol–water partition coefficient (Wildman–Crippen LogP) is 3.15. The van der Waals surface area contributed by atoms with Crippen LogP contribution in [0.5, 0.6) is 0 Å². The molecule has 7 nitrogen and oxygen atoms in total. The van der Waals surface area contributed by atoms with Crippen LogP contribution in [0.15, 0.2) is 18.5 Å². The molecule has 3 aromatic rings. The van der Waals surface area contributed by atoms with E-state index in [1.165, 1.54) is 0 Å². The fourth-order valence-corrected chi connectivity index (χ4v) is 2.10. The number of fused-ring (bicyclic) bond motifs is 1. The van der Waals surface area contributed by atoms with Gasteiger partial charge in [-0.2, -0.15) is 27.8 Å². The molecule has 0 radical (unpaired) electrons. The number of rotatable bonds is 2. The molecule has 128 valence electrons. The second-order valence-electron chi connectivity index (χ2n) is 6.40. The highest BCUT2D eigenvalue weighted by atomic mass is 19.4. The Morgan fingerprint density at radius 3 is 2.42 bits per heavy atom. The summed E-state index contributed by atoms with van der Waals surface area (Å²) in [5.74, 6) is -1.02. The van der Waals surface area contributed by atoms with Crippen molar-refractivity contribution in [1.82, 2.24) is 29.4 Å². The highest BCUT2D eigenvalue weighted by Crippen LogP contribution is 2.27. The van der Waals surface area contributed by atoms with E-state index in [0.29, 0.717) is 17.2 Å². The molecule has 3 rings (SSSR count). The summed E-state index contributed by atoms with van der Waals surface area (Å²) in [5.41, 5.74) is 0.940. The van der Waals surface area contributed by atoms with E-state index in [1.54, 1.807) is 30.1 Å². The van der Waals surface area contributed by atoms with Gasteiger partial charge in [-0.15, -0.1) is 5.10 Å². The quantitative estimate of drug-likeness (QED) is 0.776. The van der Waals surface area contributed by atoms with Crippen LogP contribution in [0.25, 0.3) is 5.78 Å². The molecule has 24 heavy (non-hydrogen) atoms. The van der Waals surface area contributed by atoms with Gasteiger partial charge in [0.15, 0.2) is 0 Å². The third kappa shape index (κ3) is 3.03. The first kappa shape index (κ1) is 16.2.